The molecule has 25 heavy (non-hydrogen) atoms. The minimum atomic E-state index is -0.334. The summed E-state index contributed by atoms with van der Waals surface area (Å²) < 4.78 is 0. The predicted octanol–water partition coefficient (Wildman–Crippen LogP) is 4.43. The molecule has 5 heteroatoms. The Kier molecular flexibility index (Phi) is 6.71. The largest absolute Gasteiger partial charge is 0.506 e. The van der Waals surface area contributed by atoms with Crippen molar-refractivity contribution in [2.24, 2.45) is 0 Å². The molecule has 0 saturated carbocycles. The summed E-state index contributed by atoms with van der Waals surface area (Å²) in [5, 5.41) is 15.6. The Morgan fingerprint density at radius 2 is 1.96 bits per heavy atom. The zero-order chi connectivity index (χ0) is 18.2. The number of rotatable bonds is 5. The van der Waals surface area contributed by atoms with Gasteiger partial charge in [0.1, 0.15) is 5.75 Å². The summed E-state index contributed by atoms with van der Waals surface area (Å²) in [5.41, 5.74) is 2.51. The number of hydrogen-bond donors (Lipinski definition) is 3. The number of carbonyl (C=O) groups is 1. The molecule has 1 amide bonds. The Hall–Kier alpha value is -2.66. The lowest BCUT2D eigenvalue weighted by Gasteiger charge is -2.14. The zero-order valence-corrected chi connectivity index (χ0v) is 15.1. The summed E-state index contributed by atoms with van der Waals surface area (Å²) in [6, 6.07) is 14.9. The van der Waals surface area contributed by atoms with Crippen LogP contribution in [0.2, 0.25) is 0 Å². The zero-order valence-electron chi connectivity index (χ0n) is 14.3. The third kappa shape index (κ3) is 5.72. The van der Waals surface area contributed by atoms with Gasteiger partial charge in [-0.15, -0.1) is 0 Å². The van der Waals surface area contributed by atoms with E-state index in [-0.39, 0.29) is 16.8 Å². The van der Waals surface area contributed by atoms with Gasteiger partial charge in [-0.25, -0.2) is 0 Å². The van der Waals surface area contributed by atoms with Crippen LogP contribution >= 0.6 is 12.2 Å². The van der Waals surface area contributed by atoms with Crippen molar-refractivity contribution in [3.63, 3.8) is 0 Å². The van der Waals surface area contributed by atoms with Crippen LogP contribution < -0.4 is 10.6 Å². The summed E-state index contributed by atoms with van der Waals surface area (Å²) in [7, 11) is 0. The van der Waals surface area contributed by atoms with Crippen molar-refractivity contribution in [1.29, 1.82) is 0 Å². The predicted molar refractivity (Wildman–Crippen MR) is 107 cm³/mol. The van der Waals surface area contributed by atoms with Crippen molar-refractivity contribution in [1.82, 2.24) is 5.32 Å². The number of benzene rings is 2. The molecule has 130 valence electrons. The highest BCUT2D eigenvalue weighted by Crippen LogP contribution is 2.28. The lowest BCUT2D eigenvalue weighted by molar-refractivity contribution is -0.115. The van der Waals surface area contributed by atoms with E-state index in [1.807, 2.05) is 42.5 Å². The van der Waals surface area contributed by atoms with Gasteiger partial charge in [0.2, 0.25) is 5.91 Å². The third-order valence-electron chi connectivity index (χ3n) is 3.91. The first kappa shape index (κ1) is 18.7. The molecule has 0 spiro atoms. The molecule has 0 fully saturated rings. The second kappa shape index (κ2) is 8.99. The SMILES string of the molecule is CC[C@@H](C)c1ccc(O)c(NC(=S)NC(=O)/C=C/c2ccccc2)c1. The standard InChI is InChI=1S/C20H22N2O2S/c1-3-14(2)16-10-11-18(23)17(13-16)21-20(25)22-19(24)12-9-15-7-5-4-6-8-15/h4-14,23H,3H2,1-2H3,(H2,21,22,24,25)/b12-9+/t14-/m1/s1. The molecule has 0 unspecified atom stereocenters. The Morgan fingerprint density at radius 3 is 2.64 bits per heavy atom. The van der Waals surface area contributed by atoms with Gasteiger partial charge in [0.25, 0.3) is 0 Å². The number of phenolic OH excluding ortho intramolecular Hbond substituents is 1. The number of nitrogens with one attached hydrogen (secondary N) is 2. The summed E-state index contributed by atoms with van der Waals surface area (Å²) >= 11 is 5.15. The van der Waals surface area contributed by atoms with Crippen molar-refractivity contribution in [3.8, 4) is 5.75 Å². The van der Waals surface area contributed by atoms with Gasteiger partial charge in [-0.3, -0.25) is 10.1 Å². The van der Waals surface area contributed by atoms with Crippen LogP contribution in [0, 0.1) is 0 Å². The van der Waals surface area contributed by atoms with E-state index in [0.717, 1.165) is 17.5 Å². The maximum Gasteiger partial charge on any atom is 0.250 e. The number of phenols is 1. The average Bonchev–Trinajstić information content (AvgIpc) is 2.62. The molecule has 0 heterocycles. The minimum Gasteiger partial charge on any atom is -0.506 e. The molecule has 0 bridgehead atoms. The fourth-order valence-corrected chi connectivity index (χ4v) is 2.45. The fraction of sp³-hybridized carbons (Fsp3) is 0.200. The fourth-order valence-electron chi connectivity index (χ4n) is 2.24. The molecule has 0 aliphatic heterocycles. The molecule has 0 aromatic heterocycles. The normalized spacial score (nSPS) is 11.9. The highest BCUT2D eigenvalue weighted by atomic mass is 32.1. The van der Waals surface area contributed by atoms with E-state index < -0.39 is 0 Å². The lowest BCUT2D eigenvalue weighted by Crippen LogP contribution is -2.32. The van der Waals surface area contributed by atoms with E-state index >= 15 is 0 Å². The second-order valence-corrected chi connectivity index (χ2v) is 6.18. The van der Waals surface area contributed by atoms with E-state index in [1.165, 1.54) is 6.08 Å². The summed E-state index contributed by atoms with van der Waals surface area (Å²) in [6.45, 7) is 4.22. The molecule has 4 nitrogen and oxygen atoms in total. The van der Waals surface area contributed by atoms with Gasteiger partial charge >= 0.3 is 0 Å². The Bertz CT molecular complexity index is 773. The van der Waals surface area contributed by atoms with Gasteiger partial charge in [-0.2, -0.15) is 0 Å². The van der Waals surface area contributed by atoms with Gasteiger partial charge in [0.05, 0.1) is 5.69 Å². The molecule has 0 radical (unpaired) electrons. The summed E-state index contributed by atoms with van der Waals surface area (Å²) in [4.78, 5) is 11.9. The van der Waals surface area contributed by atoms with Crippen LogP contribution in [0.4, 0.5) is 5.69 Å². The van der Waals surface area contributed by atoms with Gasteiger partial charge in [0.15, 0.2) is 5.11 Å². The van der Waals surface area contributed by atoms with Crippen LogP contribution in [0.5, 0.6) is 5.75 Å². The van der Waals surface area contributed by atoms with Crippen LogP contribution in [0.25, 0.3) is 6.08 Å². The minimum absolute atomic E-state index is 0.0866. The monoisotopic (exact) mass is 354 g/mol. The number of carbonyl (C=O) groups excluding carboxylic acids is 1. The van der Waals surface area contributed by atoms with Crippen molar-refractivity contribution >= 4 is 35.0 Å². The molecule has 0 aliphatic rings. The lowest BCUT2D eigenvalue weighted by atomic mass is 9.98. The van der Waals surface area contributed by atoms with Crippen LogP contribution in [-0.2, 0) is 4.79 Å². The Balaban J connectivity index is 1.98. The first-order chi connectivity index (χ1) is 12.0. The first-order valence-electron chi connectivity index (χ1n) is 8.17. The maximum absolute atomic E-state index is 11.9. The number of amides is 1. The number of anilines is 1. The average molecular weight is 354 g/mol. The molecule has 3 N–H and O–H groups in total. The molecule has 2 aromatic carbocycles. The van der Waals surface area contributed by atoms with Gasteiger partial charge in [-0.1, -0.05) is 50.2 Å². The van der Waals surface area contributed by atoms with Crippen molar-refractivity contribution in [2.45, 2.75) is 26.2 Å². The van der Waals surface area contributed by atoms with E-state index in [1.54, 1.807) is 12.1 Å². The van der Waals surface area contributed by atoms with Gasteiger partial charge < -0.3 is 10.4 Å². The molecular weight excluding hydrogens is 332 g/mol. The molecule has 2 rings (SSSR count). The molecular formula is C20H22N2O2S. The molecule has 1 atom stereocenters. The quantitative estimate of drug-likeness (QED) is 0.422. The van der Waals surface area contributed by atoms with Crippen LogP contribution in [0.1, 0.15) is 37.3 Å². The van der Waals surface area contributed by atoms with Gasteiger partial charge in [0, 0.05) is 6.08 Å². The third-order valence-corrected chi connectivity index (χ3v) is 4.12. The van der Waals surface area contributed by atoms with Crippen molar-refractivity contribution in [3.05, 3.63) is 65.7 Å². The van der Waals surface area contributed by atoms with Crippen molar-refractivity contribution < 1.29 is 9.90 Å². The van der Waals surface area contributed by atoms with Crippen LogP contribution in [0.3, 0.4) is 0 Å². The Labute approximate surface area is 153 Å². The summed E-state index contributed by atoms with van der Waals surface area (Å²) in [5.74, 6) is 0.125. The number of aromatic hydroxyl groups is 1. The highest BCUT2D eigenvalue weighted by molar-refractivity contribution is 7.80. The van der Waals surface area contributed by atoms with E-state index in [4.69, 9.17) is 12.2 Å². The first-order valence-corrected chi connectivity index (χ1v) is 8.58. The number of thiocarbonyl (C=S) groups is 1. The van der Waals surface area contributed by atoms with Crippen molar-refractivity contribution in [2.75, 3.05) is 5.32 Å². The van der Waals surface area contributed by atoms with E-state index in [0.29, 0.717) is 11.6 Å². The van der Waals surface area contributed by atoms with E-state index in [2.05, 4.69) is 24.5 Å². The molecule has 0 saturated heterocycles. The second-order valence-electron chi connectivity index (χ2n) is 5.77. The van der Waals surface area contributed by atoms with Crippen LogP contribution in [-0.4, -0.2) is 16.1 Å². The maximum atomic E-state index is 11.9. The van der Waals surface area contributed by atoms with Gasteiger partial charge in [-0.05, 0) is 53.9 Å². The summed E-state index contributed by atoms with van der Waals surface area (Å²) in [6.07, 6.45) is 4.12. The smallest absolute Gasteiger partial charge is 0.250 e. The topological polar surface area (TPSA) is 61.4 Å². The molecule has 2 aromatic rings. The van der Waals surface area contributed by atoms with Crippen LogP contribution in [0.15, 0.2) is 54.6 Å². The Morgan fingerprint density at radius 1 is 1.24 bits per heavy atom. The molecule has 0 aliphatic carbocycles. The highest BCUT2D eigenvalue weighted by Gasteiger charge is 2.09. The van der Waals surface area contributed by atoms with E-state index in [9.17, 15) is 9.90 Å². The number of hydrogen-bond acceptors (Lipinski definition) is 3.